The first-order valence-electron chi connectivity index (χ1n) is 6.73. The van der Waals surface area contributed by atoms with Gasteiger partial charge in [0.15, 0.2) is 5.76 Å². The average Bonchev–Trinajstić information content (AvgIpc) is 2.95. The standard InChI is InChI=1S/C16H17NO5/c1-21-11-13-7-8-14(22-13)16(20)17(10-15(18)19)9-12-5-3-2-4-6-12/h2-8H,9-11H2,1H3,(H,18,19). The van der Waals surface area contributed by atoms with Gasteiger partial charge in [-0.3, -0.25) is 9.59 Å². The lowest BCUT2D eigenvalue weighted by molar-refractivity contribution is -0.137. The highest BCUT2D eigenvalue weighted by atomic mass is 16.5. The predicted molar refractivity (Wildman–Crippen MR) is 78.2 cm³/mol. The maximum absolute atomic E-state index is 12.4. The molecule has 0 saturated carbocycles. The van der Waals surface area contributed by atoms with E-state index in [-0.39, 0.29) is 18.9 Å². The highest BCUT2D eigenvalue weighted by Gasteiger charge is 2.21. The SMILES string of the molecule is COCc1ccc(C(=O)N(CC(=O)O)Cc2ccccc2)o1. The van der Waals surface area contributed by atoms with Crippen LogP contribution < -0.4 is 0 Å². The van der Waals surface area contributed by atoms with Crippen molar-refractivity contribution >= 4 is 11.9 Å². The molecule has 0 aliphatic heterocycles. The fraction of sp³-hybridized carbons (Fsp3) is 0.250. The van der Waals surface area contributed by atoms with E-state index in [1.807, 2.05) is 30.3 Å². The van der Waals surface area contributed by atoms with Crippen molar-refractivity contribution < 1.29 is 23.8 Å². The van der Waals surface area contributed by atoms with Gasteiger partial charge in [-0.2, -0.15) is 0 Å². The summed E-state index contributed by atoms with van der Waals surface area (Å²) in [6.45, 7) is 0.0607. The number of carbonyl (C=O) groups excluding carboxylic acids is 1. The van der Waals surface area contributed by atoms with Gasteiger partial charge in [0.25, 0.3) is 5.91 Å². The molecule has 1 amide bonds. The van der Waals surface area contributed by atoms with Gasteiger partial charge in [-0.1, -0.05) is 30.3 Å². The third kappa shape index (κ3) is 4.20. The van der Waals surface area contributed by atoms with Crippen LogP contribution in [0.15, 0.2) is 46.9 Å². The number of benzene rings is 1. The summed E-state index contributed by atoms with van der Waals surface area (Å²) in [5, 5.41) is 9.00. The Labute approximate surface area is 127 Å². The van der Waals surface area contributed by atoms with Crippen molar-refractivity contribution in [2.75, 3.05) is 13.7 Å². The predicted octanol–water partition coefficient (Wildman–Crippen LogP) is 2.15. The lowest BCUT2D eigenvalue weighted by Crippen LogP contribution is -2.35. The van der Waals surface area contributed by atoms with Crippen LogP contribution in [0.25, 0.3) is 0 Å². The Morgan fingerprint density at radius 1 is 1.18 bits per heavy atom. The maximum Gasteiger partial charge on any atom is 0.323 e. The number of rotatable bonds is 7. The Kier molecular flexibility index (Phi) is 5.32. The fourth-order valence-electron chi connectivity index (χ4n) is 2.04. The summed E-state index contributed by atoms with van der Waals surface area (Å²) in [7, 11) is 1.52. The van der Waals surface area contributed by atoms with E-state index in [1.165, 1.54) is 18.1 Å². The number of nitrogens with zero attached hydrogens (tertiary/aromatic N) is 1. The van der Waals surface area contributed by atoms with Crippen molar-refractivity contribution in [2.24, 2.45) is 0 Å². The van der Waals surface area contributed by atoms with Crippen LogP contribution in [0.1, 0.15) is 21.9 Å². The Hall–Kier alpha value is -2.60. The molecule has 116 valence electrons. The zero-order valence-electron chi connectivity index (χ0n) is 12.2. The zero-order valence-corrected chi connectivity index (χ0v) is 12.2. The van der Waals surface area contributed by atoms with Crippen LogP contribution in [0, 0.1) is 0 Å². The molecule has 0 fully saturated rings. The second-order valence-electron chi connectivity index (χ2n) is 4.74. The Bertz CT molecular complexity index is 635. The van der Waals surface area contributed by atoms with E-state index in [0.29, 0.717) is 5.76 Å². The van der Waals surface area contributed by atoms with E-state index in [9.17, 15) is 9.59 Å². The highest BCUT2D eigenvalue weighted by Crippen LogP contribution is 2.14. The van der Waals surface area contributed by atoms with Crippen molar-refractivity contribution in [1.29, 1.82) is 0 Å². The quantitative estimate of drug-likeness (QED) is 0.847. The van der Waals surface area contributed by atoms with E-state index in [1.54, 1.807) is 6.07 Å². The minimum atomic E-state index is -1.08. The molecule has 6 nitrogen and oxygen atoms in total. The van der Waals surface area contributed by atoms with Gasteiger partial charge in [-0.05, 0) is 17.7 Å². The van der Waals surface area contributed by atoms with Gasteiger partial charge in [-0.25, -0.2) is 0 Å². The van der Waals surface area contributed by atoms with Crippen molar-refractivity contribution in [2.45, 2.75) is 13.2 Å². The number of carboxylic acids is 1. The number of hydrogen-bond acceptors (Lipinski definition) is 4. The third-order valence-corrected chi connectivity index (χ3v) is 2.99. The summed E-state index contributed by atoms with van der Waals surface area (Å²) in [5.41, 5.74) is 0.848. The van der Waals surface area contributed by atoms with Crippen LogP contribution in [0.3, 0.4) is 0 Å². The van der Waals surface area contributed by atoms with Crippen LogP contribution >= 0.6 is 0 Å². The number of carboxylic acid groups (broad SMARTS) is 1. The Morgan fingerprint density at radius 3 is 2.55 bits per heavy atom. The molecule has 1 aromatic heterocycles. The first-order valence-corrected chi connectivity index (χ1v) is 6.73. The molecule has 2 aromatic rings. The molecule has 1 aromatic carbocycles. The van der Waals surface area contributed by atoms with Crippen LogP contribution in [0.2, 0.25) is 0 Å². The monoisotopic (exact) mass is 303 g/mol. The number of furan rings is 1. The van der Waals surface area contributed by atoms with Crippen molar-refractivity contribution in [3.8, 4) is 0 Å². The minimum absolute atomic E-state index is 0.101. The zero-order chi connectivity index (χ0) is 15.9. The first kappa shape index (κ1) is 15.8. The number of amides is 1. The van der Waals surface area contributed by atoms with Crippen LogP contribution in [-0.4, -0.2) is 35.5 Å². The molecule has 0 spiro atoms. The Morgan fingerprint density at radius 2 is 1.91 bits per heavy atom. The summed E-state index contributed by atoms with van der Waals surface area (Å²) in [6.07, 6.45) is 0. The minimum Gasteiger partial charge on any atom is -0.480 e. The summed E-state index contributed by atoms with van der Waals surface area (Å²) in [5.74, 6) is -0.924. The summed E-state index contributed by atoms with van der Waals surface area (Å²) in [6, 6.07) is 12.4. The molecule has 0 radical (unpaired) electrons. The van der Waals surface area contributed by atoms with E-state index in [4.69, 9.17) is 14.3 Å². The van der Waals surface area contributed by atoms with Gasteiger partial charge in [0.05, 0.1) is 0 Å². The molecule has 0 bridgehead atoms. The van der Waals surface area contributed by atoms with Gasteiger partial charge in [0.1, 0.15) is 18.9 Å². The molecule has 2 rings (SSSR count). The molecular formula is C16H17NO5. The van der Waals surface area contributed by atoms with Crippen LogP contribution in [-0.2, 0) is 22.7 Å². The second kappa shape index (κ2) is 7.42. The number of hydrogen-bond donors (Lipinski definition) is 1. The van der Waals surface area contributed by atoms with Crippen molar-refractivity contribution in [3.05, 3.63) is 59.5 Å². The molecule has 0 atom stereocenters. The molecular weight excluding hydrogens is 286 g/mol. The molecule has 0 aliphatic rings. The summed E-state index contributed by atoms with van der Waals surface area (Å²) < 4.78 is 10.3. The van der Waals surface area contributed by atoms with Crippen molar-refractivity contribution in [3.63, 3.8) is 0 Å². The van der Waals surface area contributed by atoms with Gasteiger partial charge in [0.2, 0.25) is 0 Å². The first-order chi connectivity index (χ1) is 10.6. The van der Waals surface area contributed by atoms with E-state index in [0.717, 1.165) is 5.56 Å². The summed E-state index contributed by atoms with van der Waals surface area (Å²) in [4.78, 5) is 24.7. The smallest absolute Gasteiger partial charge is 0.323 e. The van der Waals surface area contributed by atoms with E-state index >= 15 is 0 Å². The molecule has 0 saturated heterocycles. The topological polar surface area (TPSA) is 80.0 Å². The average molecular weight is 303 g/mol. The number of methoxy groups -OCH3 is 1. The normalized spacial score (nSPS) is 10.4. The molecule has 6 heteroatoms. The van der Waals surface area contributed by atoms with Gasteiger partial charge < -0.3 is 19.2 Å². The van der Waals surface area contributed by atoms with Crippen LogP contribution in [0.5, 0.6) is 0 Å². The molecule has 1 heterocycles. The highest BCUT2D eigenvalue weighted by molar-refractivity contribution is 5.93. The fourth-order valence-corrected chi connectivity index (χ4v) is 2.04. The number of ether oxygens (including phenoxy) is 1. The Balaban J connectivity index is 2.16. The third-order valence-electron chi connectivity index (χ3n) is 2.99. The molecule has 1 N–H and O–H groups in total. The second-order valence-corrected chi connectivity index (χ2v) is 4.74. The number of carbonyl (C=O) groups is 2. The van der Waals surface area contributed by atoms with Crippen molar-refractivity contribution in [1.82, 2.24) is 4.90 Å². The largest absolute Gasteiger partial charge is 0.480 e. The molecule has 0 unspecified atom stereocenters. The van der Waals surface area contributed by atoms with Gasteiger partial charge in [0, 0.05) is 13.7 Å². The lowest BCUT2D eigenvalue weighted by Gasteiger charge is -2.19. The maximum atomic E-state index is 12.4. The summed E-state index contributed by atoms with van der Waals surface area (Å²) >= 11 is 0. The van der Waals surface area contributed by atoms with E-state index < -0.39 is 18.4 Å². The molecule has 0 aliphatic carbocycles. The molecule has 22 heavy (non-hydrogen) atoms. The van der Waals surface area contributed by atoms with Gasteiger partial charge >= 0.3 is 5.97 Å². The number of aliphatic carboxylic acids is 1. The van der Waals surface area contributed by atoms with Gasteiger partial charge in [-0.15, -0.1) is 0 Å². The lowest BCUT2D eigenvalue weighted by atomic mass is 10.2. The van der Waals surface area contributed by atoms with E-state index in [2.05, 4.69) is 0 Å². The van der Waals surface area contributed by atoms with Crippen LogP contribution in [0.4, 0.5) is 0 Å².